The molecule has 0 spiro atoms. The highest BCUT2D eigenvalue weighted by Crippen LogP contribution is 2.19. The molecule has 0 saturated carbocycles. The Balaban J connectivity index is 1.66. The molecular weight excluding hydrogens is 316 g/mol. The van der Waals surface area contributed by atoms with E-state index in [4.69, 9.17) is 5.73 Å². The van der Waals surface area contributed by atoms with E-state index < -0.39 is 0 Å². The number of urea groups is 1. The molecule has 0 atom stereocenters. The molecule has 5 nitrogen and oxygen atoms in total. The molecule has 0 bridgehead atoms. The molecule has 2 aromatic rings. The van der Waals surface area contributed by atoms with Gasteiger partial charge in [-0.15, -0.1) is 23.1 Å². The van der Waals surface area contributed by atoms with Gasteiger partial charge in [-0.3, -0.25) is 0 Å². The van der Waals surface area contributed by atoms with Crippen LogP contribution in [0.2, 0.25) is 0 Å². The van der Waals surface area contributed by atoms with Crippen molar-refractivity contribution in [1.29, 1.82) is 0 Å². The van der Waals surface area contributed by atoms with Crippen LogP contribution in [0.3, 0.4) is 0 Å². The summed E-state index contributed by atoms with van der Waals surface area (Å²) in [5, 5.41) is 8.20. The Hall–Kier alpha value is -1.73. The third-order valence-electron chi connectivity index (χ3n) is 2.89. The van der Waals surface area contributed by atoms with Gasteiger partial charge in [0, 0.05) is 22.5 Å². The summed E-state index contributed by atoms with van der Waals surface area (Å²) in [6, 6.07) is 7.66. The number of thiazole rings is 1. The monoisotopic (exact) mass is 336 g/mol. The summed E-state index contributed by atoms with van der Waals surface area (Å²) >= 11 is 3.22. The highest BCUT2D eigenvalue weighted by atomic mass is 32.2. The second kappa shape index (κ2) is 8.65. The van der Waals surface area contributed by atoms with Crippen LogP contribution in [0, 0.1) is 0 Å². The van der Waals surface area contributed by atoms with E-state index in [0.717, 1.165) is 30.0 Å². The minimum absolute atomic E-state index is 0.186. The van der Waals surface area contributed by atoms with Crippen LogP contribution in [-0.2, 0) is 6.42 Å². The van der Waals surface area contributed by atoms with E-state index in [2.05, 4.69) is 22.5 Å². The molecule has 118 valence electrons. The molecule has 0 radical (unpaired) electrons. The molecule has 2 amide bonds. The first-order valence-electron chi connectivity index (χ1n) is 7.15. The maximum absolute atomic E-state index is 11.8. The van der Waals surface area contributed by atoms with Crippen molar-refractivity contribution in [3.63, 3.8) is 0 Å². The number of nitrogens with zero attached hydrogens (tertiary/aromatic N) is 1. The number of thioether (sulfide) groups is 1. The third kappa shape index (κ3) is 5.57. The Morgan fingerprint density at radius 3 is 2.77 bits per heavy atom. The molecule has 4 N–H and O–H groups in total. The molecule has 0 aliphatic carbocycles. The van der Waals surface area contributed by atoms with E-state index in [9.17, 15) is 4.79 Å². The van der Waals surface area contributed by atoms with Crippen molar-refractivity contribution in [2.45, 2.75) is 24.7 Å². The molecule has 1 aromatic carbocycles. The number of benzene rings is 1. The van der Waals surface area contributed by atoms with Crippen LogP contribution in [0.25, 0.3) is 0 Å². The zero-order valence-corrected chi connectivity index (χ0v) is 14.1. The van der Waals surface area contributed by atoms with Crippen molar-refractivity contribution in [1.82, 2.24) is 10.3 Å². The average molecular weight is 336 g/mol. The molecule has 0 aliphatic rings. The molecule has 2 rings (SSSR count). The topological polar surface area (TPSA) is 80.0 Å². The van der Waals surface area contributed by atoms with Crippen molar-refractivity contribution >= 4 is 39.9 Å². The van der Waals surface area contributed by atoms with Gasteiger partial charge in [0.1, 0.15) is 0 Å². The Kier molecular flexibility index (Phi) is 6.54. The molecule has 22 heavy (non-hydrogen) atoms. The van der Waals surface area contributed by atoms with Crippen LogP contribution in [0.4, 0.5) is 15.6 Å². The molecule has 7 heteroatoms. The molecule has 1 heterocycles. The average Bonchev–Trinajstić information content (AvgIpc) is 2.92. The second-order valence-electron chi connectivity index (χ2n) is 4.62. The molecule has 0 fully saturated rings. The number of nitrogens with one attached hydrogen (secondary N) is 2. The number of aryl methyl sites for hydroxylation is 1. The maximum Gasteiger partial charge on any atom is 0.319 e. The van der Waals surface area contributed by atoms with E-state index >= 15 is 0 Å². The van der Waals surface area contributed by atoms with Crippen molar-refractivity contribution in [3.05, 3.63) is 35.3 Å². The molecule has 0 aliphatic heterocycles. The van der Waals surface area contributed by atoms with Crippen LogP contribution >= 0.6 is 23.1 Å². The Morgan fingerprint density at radius 1 is 1.36 bits per heavy atom. The Bertz CT molecular complexity index is 598. The van der Waals surface area contributed by atoms with E-state index in [1.165, 1.54) is 16.2 Å². The highest BCUT2D eigenvalue weighted by Gasteiger charge is 2.02. The van der Waals surface area contributed by atoms with Crippen molar-refractivity contribution in [2.75, 3.05) is 23.3 Å². The summed E-state index contributed by atoms with van der Waals surface area (Å²) in [6.45, 7) is 2.72. The smallest absolute Gasteiger partial charge is 0.319 e. The summed E-state index contributed by atoms with van der Waals surface area (Å²) in [6.07, 6.45) is 1.65. The Morgan fingerprint density at radius 2 is 2.14 bits per heavy atom. The number of nitrogens with two attached hydrogens (primary N) is 1. The van der Waals surface area contributed by atoms with Crippen LogP contribution in [0.15, 0.2) is 34.5 Å². The van der Waals surface area contributed by atoms with Gasteiger partial charge in [-0.25, -0.2) is 9.78 Å². The summed E-state index contributed by atoms with van der Waals surface area (Å²) < 4.78 is 0. The summed E-state index contributed by atoms with van der Waals surface area (Å²) in [7, 11) is 0. The van der Waals surface area contributed by atoms with Gasteiger partial charge < -0.3 is 16.4 Å². The van der Waals surface area contributed by atoms with Gasteiger partial charge in [-0.2, -0.15) is 0 Å². The number of rotatable bonds is 7. The van der Waals surface area contributed by atoms with Crippen LogP contribution < -0.4 is 16.4 Å². The Labute approximate surface area is 138 Å². The van der Waals surface area contributed by atoms with Gasteiger partial charge in [-0.1, -0.05) is 6.92 Å². The number of nitrogen functional groups attached to an aromatic ring is 1. The summed E-state index contributed by atoms with van der Waals surface area (Å²) in [5.74, 6) is 1.04. The molecule has 0 unspecified atom stereocenters. The minimum Gasteiger partial charge on any atom is -0.375 e. The number of aromatic nitrogens is 1. The molecular formula is C15H20N4OS2. The molecule has 1 aromatic heterocycles. The predicted octanol–water partition coefficient (Wildman–Crippen LogP) is 3.59. The van der Waals surface area contributed by atoms with Crippen LogP contribution in [0.5, 0.6) is 0 Å². The third-order valence-corrected chi connectivity index (χ3v) is 4.50. The fourth-order valence-corrected chi connectivity index (χ4v) is 3.14. The number of carbonyl (C=O) groups excluding carboxylic acids is 1. The SMILES string of the molecule is CCSc1ccc(NC(=O)NCCCc2csc(N)n2)cc1. The number of carbonyl (C=O) groups is 1. The number of amides is 2. The predicted molar refractivity (Wildman–Crippen MR) is 94.7 cm³/mol. The van der Waals surface area contributed by atoms with Gasteiger partial charge in [0.2, 0.25) is 0 Å². The van der Waals surface area contributed by atoms with Gasteiger partial charge in [0.15, 0.2) is 5.13 Å². The number of anilines is 2. The zero-order valence-electron chi connectivity index (χ0n) is 12.5. The maximum atomic E-state index is 11.8. The van der Waals surface area contributed by atoms with Crippen molar-refractivity contribution in [3.8, 4) is 0 Å². The zero-order chi connectivity index (χ0) is 15.8. The van der Waals surface area contributed by atoms with Crippen molar-refractivity contribution < 1.29 is 4.79 Å². The lowest BCUT2D eigenvalue weighted by atomic mass is 10.2. The first kappa shape index (κ1) is 16.6. The van der Waals surface area contributed by atoms with Gasteiger partial charge in [0.25, 0.3) is 0 Å². The number of hydrogen-bond acceptors (Lipinski definition) is 5. The summed E-state index contributed by atoms with van der Waals surface area (Å²) in [5.41, 5.74) is 7.35. The fraction of sp³-hybridized carbons (Fsp3) is 0.333. The molecule has 0 saturated heterocycles. The summed E-state index contributed by atoms with van der Waals surface area (Å²) in [4.78, 5) is 17.2. The standard InChI is InChI=1S/C15H20N4OS2/c1-2-21-13-7-5-11(6-8-13)19-15(20)17-9-3-4-12-10-22-14(16)18-12/h5-8,10H,2-4,9H2,1H3,(H2,16,18)(H2,17,19,20). The fourth-order valence-electron chi connectivity index (χ4n) is 1.89. The van der Waals surface area contributed by atoms with E-state index in [1.54, 1.807) is 11.8 Å². The minimum atomic E-state index is -0.186. The van der Waals surface area contributed by atoms with Gasteiger partial charge in [0.05, 0.1) is 5.69 Å². The van der Waals surface area contributed by atoms with E-state index in [0.29, 0.717) is 11.7 Å². The quantitative estimate of drug-likeness (QED) is 0.533. The van der Waals surface area contributed by atoms with Gasteiger partial charge >= 0.3 is 6.03 Å². The normalized spacial score (nSPS) is 10.4. The second-order valence-corrected chi connectivity index (χ2v) is 6.85. The lowest BCUT2D eigenvalue weighted by Crippen LogP contribution is -2.29. The first-order valence-corrected chi connectivity index (χ1v) is 9.01. The first-order chi connectivity index (χ1) is 10.7. The largest absolute Gasteiger partial charge is 0.375 e. The van der Waals surface area contributed by atoms with Crippen LogP contribution in [0.1, 0.15) is 19.0 Å². The highest BCUT2D eigenvalue weighted by molar-refractivity contribution is 7.99. The van der Waals surface area contributed by atoms with E-state index in [1.807, 2.05) is 29.6 Å². The van der Waals surface area contributed by atoms with Crippen molar-refractivity contribution in [2.24, 2.45) is 0 Å². The van der Waals surface area contributed by atoms with Gasteiger partial charge in [-0.05, 0) is 42.9 Å². The van der Waals surface area contributed by atoms with Crippen LogP contribution in [-0.4, -0.2) is 23.3 Å². The lowest BCUT2D eigenvalue weighted by molar-refractivity contribution is 0.252. The number of hydrogen-bond donors (Lipinski definition) is 3. The lowest BCUT2D eigenvalue weighted by Gasteiger charge is -2.08. The van der Waals surface area contributed by atoms with E-state index in [-0.39, 0.29) is 6.03 Å².